The van der Waals surface area contributed by atoms with Crippen LogP contribution in [0, 0.1) is 0 Å². The van der Waals surface area contributed by atoms with Crippen molar-refractivity contribution in [2.24, 2.45) is 0 Å². The van der Waals surface area contributed by atoms with E-state index in [0.29, 0.717) is 0 Å². The Hall–Kier alpha value is -1.48. The summed E-state index contributed by atoms with van der Waals surface area (Å²) >= 11 is 0. The summed E-state index contributed by atoms with van der Waals surface area (Å²) in [6.07, 6.45) is 0. The molecule has 0 amide bonds. The Morgan fingerprint density at radius 2 is 1.06 bits per heavy atom. The molecule has 0 fully saturated rings. The fourth-order valence-electron chi connectivity index (χ4n) is 3.84. The maximum atomic E-state index is 2.33. The van der Waals surface area contributed by atoms with E-state index in [1.54, 1.807) is 5.30 Å². The second-order valence-electron chi connectivity index (χ2n) is 7.89. The van der Waals surface area contributed by atoms with Gasteiger partial charge in [-0.3, -0.25) is 0 Å². The molecule has 31 heavy (non-hydrogen) atoms. The van der Waals surface area contributed by atoms with Crippen LogP contribution in [0.1, 0.15) is 27.7 Å². The van der Waals surface area contributed by atoms with Gasteiger partial charge in [0.15, 0.2) is 0 Å². The summed E-state index contributed by atoms with van der Waals surface area (Å²) in [5.41, 5.74) is 1.62. The van der Waals surface area contributed by atoms with Gasteiger partial charge in [0.2, 0.25) is 0 Å². The van der Waals surface area contributed by atoms with Crippen LogP contribution in [0.4, 0.5) is 0 Å². The largest absolute Gasteiger partial charge is 0.747 e. The van der Waals surface area contributed by atoms with E-state index in [1.165, 1.54) is 15.9 Å². The molecule has 0 unspecified atom stereocenters. The van der Waals surface area contributed by atoms with E-state index in [9.17, 15) is 0 Å². The Kier molecular flexibility index (Phi) is 10.9. The molecule has 4 rings (SSSR count). The first-order valence-electron chi connectivity index (χ1n) is 10.7. The fraction of sp³-hybridized carbons (Fsp3) is 0.214. The average Bonchev–Trinajstić information content (AvgIpc) is 3.45. The molecule has 4 aromatic carbocycles. The first-order chi connectivity index (χ1) is 14.6. The van der Waals surface area contributed by atoms with E-state index in [4.69, 9.17) is 0 Å². The Balaban J connectivity index is 0.000000231. The zero-order valence-electron chi connectivity index (χ0n) is 18.8. The quantitative estimate of drug-likeness (QED) is 0.166. The molecule has 4 aromatic rings. The van der Waals surface area contributed by atoms with Crippen molar-refractivity contribution < 1.29 is 17.1 Å². The molecular weight excluding hydrogens is 454 g/mol. The van der Waals surface area contributed by atoms with E-state index in [2.05, 4.69) is 137 Å². The van der Waals surface area contributed by atoms with Crippen LogP contribution >= 0.6 is 15.8 Å². The summed E-state index contributed by atoms with van der Waals surface area (Å²) in [6, 6.07) is 39.1. The molecule has 168 valence electrons. The van der Waals surface area contributed by atoms with Gasteiger partial charge in [0, 0.05) is 17.1 Å². The van der Waals surface area contributed by atoms with Crippen LogP contribution in [-0.2, 0) is 17.1 Å². The summed E-state index contributed by atoms with van der Waals surface area (Å²) in [6.45, 7) is 9.33. The first-order valence-corrected chi connectivity index (χ1v) is 13.5. The predicted octanol–water partition coefficient (Wildman–Crippen LogP) is 6.49. The number of benzene rings is 2. The molecule has 0 N–H and O–H groups in total. The van der Waals surface area contributed by atoms with Gasteiger partial charge < -0.3 is 29.6 Å². The van der Waals surface area contributed by atoms with Gasteiger partial charge in [-0.05, 0) is 11.3 Å². The normalized spacial score (nSPS) is 10.8. The Morgan fingerprint density at radius 3 is 1.45 bits per heavy atom. The number of hydrogen-bond donors (Lipinski definition) is 0. The van der Waals surface area contributed by atoms with Gasteiger partial charge in [0.1, 0.15) is 0 Å². The van der Waals surface area contributed by atoms with E-state index in [1.807, 2.05) is 0 Å². The van der Waals surface area contributed by atoms with Crippen molar-refractivity contribution in [3.05, 3.63) is 109 Å². The third kappa shape index (κ3) is 7.27. The summed E-state index contributed by atoms with van der Waals surface area (Å²) in [7, 11) is -0.346. The van der Waals surface area contributed by atoms with Crippen molar-refractivity contribution in [1.82, 2.24) is 0 Å². The molecule has 0 aliphatic carbocycles. The van der Waals surface area contributed by atoms with Crippen LogP contribution in [0.5, 0.6) is 0 Å². The van der Waals surface area contributed by atoms with Crippen LogP contribution in [-0.4, -0.2) is 11.3 Å². The Bertz CT molecular complexity index is 895. The zero-order chi connectivity index (χ0) is 21.3. The SMILES string of the molecule is CC(C)P([c-]1cccc1)C(C)C.[Fe].c1ccc(P(c2ccccc2)[c-]2[cH-][cH-][cH-][cH-]2)cc1. The molecule has 0 radical (unpaired) electrons. The summed E-state index contributed by atoms with van der Waals surface area (Å²) in [5.74, 6) is 0. The van der Waals surface area contributed by atoms with Gasteiger partial charge in [0.05, 0.1) is 0 Å². The Morgan fingerprint density at radius 1 is 0.645 bits per heavy atom. The van der Waals surface area contributed by atoms with Gasteiger partial charge in [-0.15, -0.1) is 13.2 Å². The van der Waals surface area contributed by atoms with Crippen molar-refractivity contribution in [1.29, 1.82) is 0 Å². The second kappa shape index (κ2) is 13.2. The van der Waals surface area contributed by atoms with E-state index < -0.39 is 7.92 Å². The van der Waals surface area contributed by atoms with Crippen LogP contribution in [0.25, 0.3) is 0 Å². The van der Waals surface area contributed by atoms with E-state index >= 15 is 0 Å². The molecular formula is C28H32FeP2-6. The van der Waals surface area contributed by atoms with Crippen LogP contribution in [0.3, 0.4) is 0 Å². The van der Waals surface area contributed by atoms with Crippen molar-refractivity contribution in [2.75, 3.05) is 0 Å². The van der Waals surface area contributed by atoms with Crippen molar-refractivity contribution in [3.8, 4) is 0 Å². The second-order valence-corrected chi connectivity index (χ2v) is 13.5. The maximum absolute atomic E-state index is 2.33. The van der Waals surface area contributed by atoms with Gasteiger partial charge in [-0.25, -0.2) is 20.1 Å². The van der Waals surface area contributed by atoms with E-state index in [-0.39, 0.29) is 25.0 Å². The standard InChI is InChI=1S/C17H14P.C11H18P.Fe/c1-3-9-15(10-4-1)18(17-13-7-8-14-17)16-11-5-2-6-12-16;1-9(2)12(10(3)4)11-7-5-6-8-11;/h1-14H;5-10H,1-4H3;/q-5;-1;. The minimum atomic E-state index is -0.409. The van der Waals surface area contributed by atoms with E-state index in [0.717, 1.165) is 11.3 Å². The molecule has 3 heteroatoms. The third-order valence-corrected chi connectivity index (χ3v) is 10.6. The van der Waals surface area contributed by atoms with Gasteiger partial charge in [0.25, 0.3) is 0 Å². The number of hydrogen-bond acceptors (Lipinski definition) is 0. The molecule has 0 atom stereocenters. The summed E-state index contributed by atoms with van der Waals surface area (Å²) in [5, 5.41) is 5.80. The average molecular weight is 486 g/mol. The van der Waals surface area contributed by atoms with Gasteiger partial charge in [-0.2, -0.15) is 12.1 Å². The van der Waals surface area contributed by atoms with Crippen molar-refractivity contribution in [3.63, 3.8) is 0 Å². The molecule has 0 saturated heterocycles. The van der Waals surface area contributed by atoms with Crippen LogP contribution < -0.4 is 21.2 Å². The van der Waals surface area contributed by atoms with Gasteiger partial charge >= 0.3 is 0 Å². The fourth-order valence-corrected chi connectivity index (χ4v) is 9.05. The summed E-state index contributed by atoms with van der Waals surface area (Å²) in [4.78, 5) is 0. The molecule has 0 aliphatic heterocycles. The Labute approximate surface area is 201 Å². The van der Waals surface area contributed by atoms with Crippen LogP contribution in [0.2, 0.25) is 0 Å². The molecule has 0 aliphatic rings. The smallest absolute Gasteiger partial charge is 0 e. The summed E-state index contributed by atoms with van der Waals surface area (Å²) < 4.78 is 0. The number of rotatable bonds is 6. The monoisotopic (exact) mass is 486 g/mol. The van der Waals surface area contributed by atoms with Gasteiger partial charge in [-0.1, -0.05) is 99.0 Å². The first kappa shape index (κ1) is 25.8. The molecule has 0 saturated carbocycles. The predicted molar refractivity (Wildman–Crippen MR) is 140 cm³/mol. The maximum Gasteiger partial charge on any atom is 0 e. The van der Waals surface area contributed by atoms with Crippen molar-refractivity contribution in [2.45, 2.75) is 39.0 Å². The topological polar surface area (TPSA) is 0 Å². The molecule has 0 spiro atoms. The van der Waals surface area contributed by atoms with Crippen LogP contribution in [0.15, 0.2) is 109 Å². The van der Waals surface area contributed by atoms with Crippen molar-refractivity contribution >= 4 is 37.1 Å². The molecule has 0 bridgehead atoms. The molecule has 0 nitrogen and oxygen atoms in total. The minimum Gasteiger partial charge on any atom is -0.747 e. The molecule has 0 aromatic heterocycles. The minimum absolute atomic E-state index is 0. The molecule has 0 heterocycles. The zero-order valence-corrected chi connectivity index (χ0v) is 21.7. The third-order valence-electron chi connectivity index (χ3n) is 4.99.